The Morgan fingerprint density at radius 2 is 1.87 bits per heavy atom. The molecule has 0 aliphatic rings. The van der Waals surface area contributed by atoms with Gasteiger partial charge in [-0.25, -0.2) is 4.98 Å². The highest BCUT2D eigenvalue weighted by Crippen LogP contribution is 2.29. The van der Waals surface area contributed by atoms with E-state index in [0.29, 0.717) is 29.3 Å². The summed E-state index contributed by atoms with van der Waals surface area (Å²) in [5.74, 6) is 1.19. The summed E-state index contributed by atoms with van der Waals surface area (Å²) in [6.07, 6.45) is 1.78. The monoisotopic (exact) mass is 454 g/mol. The minimum Gasteiger partial charge on any atom is -0.488 e. The first-order valence-corrected chi connectivity index (χ1v) is 9.94. The van der Waals surface area contributed by atoms with Crippen LogP contribution in [0.15, 0.2) is 71.2 Å². The molecule has 1 N–H and O–H groups in total. The molecule has 0 unspecified atom stereocenters. The third-order valence-corrected chi connectivity index (χ3v) is 5.17. The molecule has 0 amide bonds. The van der Waals surface area contributed by atoms with Crippen molar-refractivity contribution in [2.24, 2.45) is 0 Å². The number of ether oxygens (including phenoxy) is 1. The number of benzene rings is 3. The standard InChI is InChI=1S/C24H15BrN4O/c25-20-12-16(9-10-23(20)30-15-18-6-2-1-5-17(18)13-26)11-19(14-27)24-28-21-7-3-4-8-22(21)29-24/h1-12H,15H2,(H,28,29)/b19-11+. The molecular weight excluding hydrogens is 440 g/mol. The van der Waals surface area contributed by atoms with Crippen LogP contribution in [0.5, 0.6) is 5.75 Å². The molecule has 0 radical (unpaired) electrons. The Bertz CT molecular complexity index is 1310. The van der Waals surface area contributed by atoms with Gasteiger partial charge in [-0.15, -0.1) is 0 Å². The Hall–Kier alpha value is -3.87. The fourth-order valence-electron chi connectivity index (χ4n) is 3.04. The van der Waals surface area contributed by atoms with E-state index in [1.165, 1.54) is 0 Å². The Balaban J connectivity index is 1.56. The molecule has 30 heavy (non-hydrogen) atoms. The number of imidazole rings is 1. The van der Waals surface area contributed by atoms with E-state index in [1.54, 1.807) is 12.1 Å². The van der Waals surface area contributed by atoms with Gasteiger partial charge in [-0.3, -0.25) is 0 Å². The van der Waals surface area contributed by atoms with E-state index in [1.807, 2.05) is 60.7 Å². The minimum atomic E-state index is 0.292. The molecule has 5 nitrogen and oxygen atoms in total. The van der Waals surface area contributed by atoms with Crippen LogP contribution >= 0.6 is 15.9 Å². The van der Waals surface area contributed by atoms with Crippen molar-refractivity contribution >= 4 is 38.6 Å². The average molecular weight is 455 g/mol. The number of allylic oxidation sites excluding steroid dienone is 1. The van der Waals surface area contributed by atoms with Crippen LogP contribution in [0, 0.1) is 22.7 Å². The zero-order valence-corrected chi connectivity index (χ0v) is 17.3. The van der Waals surface area contributed by atoms with Gasteiger partial charge in [0.15, 0.2) is 0 Å². The van der Waals surface area contributed by atoms with Gasteiger partial charge in [0.1, 0.15) is 24.3 Å². The summed E-state index contributed by atoms with van der Waals surface area (Å²) in [7, 11) is 0. The van der Waals surface area contributed by atoms with Crippen LogP contribution in [0.25, 0.3) is 22.7 Å². The van der Waals surface area contributed by atoms with Crippen molar-refractivity contribution in [1.82, 2.24) is 9.97 Å². The molecule has 0 atom stereocenters. The number of hydrogen-bond acceptors (Lipinski definition) is 4. The molecule has 1 heterocycles. The predicted molar refractivity (Wildman–Crippen MR) is 119 cm³/mol. The van der Waals surface area contributed by atoms with Gasteiger partial charge in [-0.2, -0.15) is 10.5 Å². The molecule has 0 aliphatic carbocycles. The second-order valence-electron chi connectivity index (χ2n) is 6.52. The number of nitrogens with zero attached hydrogens (tertiary/aromatic N) is 3. The lowest BCUT2D eigenvalue weighted by molar-refractivity contribution is 0.304. The minimum absolute atomic E-state index is 0.292. The van der Waals surface area contributed by atoms with E-state index in [0.717, 1.165) is 26.6 Å². The van der Waals surface area contributed by atoms with Crippen LogP contribution < -0.4 is 4.74 Å². The number of fused-ring (bicyclic) bond motifs is 1. The van der Waals surface area contributed by atoms with E-state index in [4.69, 9.17) is 4.74 Å². The first kappa shape index (κ1) is 19.4. The highest BCUT2D eigenvalue weighted by Gasteiger charge is 2.09. The molecule has 0 saturated carbocycles. The molecule has 0 fully saturated rings. The SMILES string of the molecule is N#C/C(=C\c1ccc(OCc2ccccc2C#N)c(Br)c1)c1nc2ccccc2[nH]1. The van der Waals surface area contributed by atoms with Crippen molar-refractivity contribution < 1.29 is 4.74 Å². The number of hydrogen-bond donors (Lipinski definition) is 1. The molecule has 4 aromatic rings. The fourth-order valence-corrected chi connectivity index (χ4v) is 3.55. The van der Waals surface area contributed by atoms with Crippen LogP contribution in [0.4, 0.5) is 0 Å². The maximum Gasteiger partial charge on any atom is 0.149 e. The molecule has 4 rings (SSSR count). The van der Waals surface area contributed by atoms with Crippen molar-refractivity contribution in [1.29, 1.82) is 10.5 Å². The normalized spacial score (nSPS) is 11.1. The number of aromatic amines is 1. The Morgan fingerprint density at radius 3 is 2.63 bits per heavy atom. The van der Waals surface area contributed by atoms with E-state index in [2.05, 4.69) is 38.0 Å². The lowest BCUT2D eigenvalue weighted by Crippen LogP contribution is -1.98. The van der Waals surface area contributed by atoms with Crippen molar-refractivity contribution in [3.8, 4) is 17.9 Å². The molecule has 3 aromatic carbocycles. The third kappa shape index (κ3) is 4.10. The number of rotatable bonds is 5. The van der Waals surface area contributed by atoms with Crippen LogP contribution in [0.3, 0.4) is 0 Å². The molecule has 0 saturated heterocycles. The summed E-state index contributed by atoms with van der Waals surface area (Å²) in [6, 6.07) is 25.0. The summed E-state index contributed by atoms with van der Waals surface area (Å²) < 4.78 is 6.63. The van der Waals surface area contributed by atoms with Gasteiger partial charge in [0, 0.05) is 5.56 Å². The van der Waals surface area contributed by atoms with Gasteiger partial charge in [0.05, 0.1) is 32.7 Å². The van der Waals surface area contributed by atoms with E-state index < -0.39 is 0 Å². The zero-order chi connectivity index (χ0) is 20.9. The predicted octanol–water partition coefficient (Wildman–Crippen LogP) is 5.84. The van der Waals surface area contributed by atoms with Crippen LogP contribution in [-0.4, -0.2) is 9.97 Å². The number of H-pyrrole nitrogens is 1. The molecule has 0 bridgehead atoms. The van der Waals surface area contributed by atoms with Crippen molar-refractivity contribution in [3.05, 3.63) is 93.7 Å². The lowest BCUT2D eigenvalue weighted by atomic mass is 10.1. The maximum atomic E-state index is 9.61. The van der Waals surface area contributed by atoms with Crippen molar-refractivity contribution in [2.45, 2.75) is 6.61 Å². The number of nitriles is 2. The number of nitrogens with one attached hydrogen (secondary N) is 1. The summed E-state index contributed by atoms with van der Waals surface area (Å²) in [4.78, 5) is 7.67. The van der Waals surface area contributed by atoms with E-state index in [9.17, 15) is 10.5 Å². The first-order chi connectivity index (χ1) is 14.7. The zero-order valence-electron chi connectivity index (χ0n) is 15.8. The summed E-state index contributed by atoms with van der Waals surface area (Å²) in [5.41, 5.74) is 4.40. The van der Waals surface area contributed by atoms with E-state index >= 15 is 0 Å². The Labute approximate surface area is 182 Å². The van der Waals surface area contributed by atoms with Gasteiger partial charge in [0.2, 0.25) is 0 Å². The Morgan fingerprint density at radius 1 is 1.07 bits per heavy atom. The number of halogens is 1. The number of aromatic nitrogens is 2. The first-order valence-electron chi connectivity index (χ1n) is 9.15. The lowest BCUT2D eigenvalue weighted by Gasteiger charge is -2.10. The highest BCUT2D eigenvalue weighted by molar-refractivity contribution is 9.10. The van der Waals surface area contributed by atoms with Crippen LogP contribution in [0.1, 0.15) is 22.5 Å². The van der Waals surface area contributed by atoms with Crippen molar-refractivity contribution in [2.75, 3.05) is 0 Å². The van der Waals surface area contributed by atoms with Crippen LogP contribution in [-0.2, 0) is 6.61 Å². The second-order valence-corrected chi connectivity index (χ2v) is 7.37. The fraction of sp³-hybridized carbons (Fsp3) is 0.0417. The molecule has 144 valence electrons. The largest absolute Gasteiger partial charge is 0.488 e. The highest BCUT2D eigenvalue weighted by atomic mass is 79.9. The molecule has 0 spiro atoms. The van der Waals surface area contributed by atoms with Gasteiger partial charge in [-0.1, -0.05) is 36.4 Å². The maximum absolute atomic E-state index is 9.61. The van der Waals surface area contributed by atoms with Crippen molar-refractivity contribution in [3.63, 3.8) is 0 Å². The summed E-state index contributed by atoms with van der Waals surface area (Å²) >= 11 is 3.53. The Kier molecular flexibility index (Phi) is 5.61. The molecule has 0 aliphatic heterocycles. The van der Waals surface area contributed by atoms with Gasteiger partial charge >= 0.3 is 0 Å². The van der Waals surface area contributed by atoms with E-state index in [-0.39, 0.29) is 0 Å². The quantitative estimate of drug-likeness (QED) is 0.383. The molecular formula is C24H15BrN4O. The second kappa shape index (κ2) is 8.65. The third-order valence-electron chi connectivity index (χ3n) is 4.55. The van der Waals surface area contributed by atoms with Gasteiger partial charge < -0.3 is 9.72 Å². The average Bonchev–Trinajstić information content (AvgIpc) is 3.21. The topological polar surface area (TPSA) is 85.5 Å². The van der Waals surface area contributed by atoms with Gasteiger partial charge in [-0.05, 0) is 57.9 Å². The number of para-hydroxylation sites is 2. The molecule has 1 aromatic heterocycles. The summed E-state index contributed by atoms with van der Waals surface area (Å²) in [5, 5.41) is 18.8. The van der Waals surface area contributed by atoms with Crippen LogP contribution in [0.2, 0.25) is 0 Å². The smallest absolute Gasteiger partial charge is 0.149 e. The molecule has 6 heteroatoms. The summed E-state index contributed by atoms with van der Waals surface area (Å²) in [6.45, 7) is 0.292. The van der Waals surface area contributed by atoms with Gasteiger partial charge in [0.25, 0.3) is 0 Å².